The summed E-state index contributed by atoms with van der Waals surface area (Å²) < 4.78 is 11.6. The van der Waals surface area contributed by atoms with Gasteiger partial charge in [0.25, 0.3) is 5.91 Å². The third-order valence-corrected chi connectivity index (χ3v) is 4.56. The normalized spacial score (nSPS) is 16.4. The predicted molar refractivity (Wildman–Crippen MR) is 105 cm³/mol. The molecule has 142 valence electrons. The summed E-state index contributed by atoms with van der Waals surface area (Å²) in [5.41, 5.74) is 0.636. The minimum Gasteiger partial charge on any atom is -0.458 e. The molecule has 2 aromatic carbocycles. The number of ether oxygens (including phenoxy) is 2. The Morgan fingerprint density at radius 2 is 1.64 bits per heavy atom. The molecular weight excluding hydrogens is 354 g/mol. The minimum absolute atomic E-state index is 0.00598. The highest BCUT2D eigenvalue weighted by Gasteiger charge is 2.26. The second kappa shape index (κ2) is 8.52. The molecule has 3 aromatic rings. The summed E-state index contributed by atoms with van der Waals surface area (Å²) in [6.45, 7) is 1.25. The van der Waals surface area contributed by atoms with E-state index in [-0.39, 0.29) is 12.0 Å². The van der Waals surface area contributed by atoms with Crippen LogP contribution in [0.5, 0.6) is 17.5 Å². The summed E-state index contributed by atoms with van der Waals surface area (Å²) in [4.78, 5) is 22.9. The van der Waals surface area contributed by atoms with Gasteiger partial charge in [-0.05, 0) is 55.3 Å². The molecule has 1 unspecified atom stereocenters. The van der Waals surface area contributed by atoms with Crippen molar-refractivity contribution in [3.63, 3.8) is 0 Å². The molecule has 6 heteroatoms. The summed E-state index contributed by atoms with van der Waals surface area (Å²) >= 11 is 0. The van der Waals surface area contributed by atoms with Crippen LogP contribution in [0, 0.1) is 0 Å². The van der Waals surface area contributed by atoms with Gasteiger partial charge in [-0.3, -0.25) is 4.79 Å². The number of hydrogen-bond acceptors (Lipinski definition) is 5. The standard InChI is InChI=1S/C22H21N3O3/c26-21(17-9-11-19(12-10-17)27-18-6-2-1-3-7-18)25-15-4-8-20(16-25)28-22-23-13-5-14-24-22/h1-3,5-7,9-14,20H,4,8,15-16H2. The van der Waals surface area contributed by atoms with Crippen molar-refractivity contribution in [1.82, 2.24) is 14.9 Å². The average Bonchev–Trinajstić information content (AvgIpc) is 2.75. The lowest BCUT2D eigenvalue weighted by atomic mass is 10.1. The van der Waals surface area contributed by atoms with Crippen molar-refractivity contribution in [2.24, 2.45) is 0 Å². The Labute approximate surface area is 163 Å². The SMILES string of the molecule is O=C(c1ccc(Oc2ccccc2)cc1)N1CCCC(Oc2ncccn2)C1. The second-order valence-electron chi connectivity index (χ2n) is 6.60. The van der Waals surface area contributed by atoms with Crippen LogP contribution in [0.15, 0.2) is 73.1 Å². The monoisotopic (exact) mass is 375 g/mol. The van der Waals surface area contributed by atoms with E-state index < -0.39 is 0 Å². The molecule has 1 atom stereocenters. The number of nitrogens with zero attached hydrogens (tertiary/aromatic N) is 3. The minimum atomic E-state index is -0.0965. The number of hydrogen-bond donors (Lipinski definition) is 0. The maximum atomic E-state index is 12.9. The summed E-state index contributed by atoms with van der Waals surface area (Å²) in [7, 11) is 0. The largest absolute Gasteiger partial charge is 0.458 e. The first kappa shape index (κ1) is 18.0. The van der Waals surface area contributed by atoms with E-state index in [9.17, 15) is 4.79 Å². The molecule has 4 rings (SSSR count). The first-order valence-corrected chi connectivity index (χ1v) is 9.34. The molecular formula is C22H21N3O3. The number of piperidine rings is 1. The molecule has 0 N–H and O–H groups in total. The van der Waals surface area contributed by atoms with Gasteiger partial charge in [-0.15, -0.1) is 0 Å². The van der Waals surface area contributed by atoms with E-state index >= 15 is 0 Å². The van der Waals surface area contributed by atoms with Crippen LogP contribution in [0.3, 0.4) is 0 Å². The number of para-hydroxylation sites is 1. The molecule has 0 spiro atoms. The fourth-order valence-corrected chi connectivity index (χ4v) is 3.19. The van der Waals surface area contributed by atoms with Gasteiger partial charge in [-0.25, -0.2) is 9.97 Å². The fourth-order valence-electron chi connectivity index (χ4n) is 3.19. The van der Waals surface area contributed by atoms with E-state index in [1.807, 2.05) is 47.4 Å². The highest BCUT2D eigenvalue weighted by molar-refractivity contribution is 5.94. The van der Waals surface area contributed by atoms with Crippen LogP contribution in [-0.4, -0.2) is 40.0 Å². The molecule has 1 aromatic heterocycles. The van der Waals surface area contributed by atoms with E-state index in [0.29, 0.717) is 23.9 Å². The van der Waals surface area contributed by atoms with Gasteiger partial charge in [-0.1, -0.05) is 18.2 Å². The zero-order valence-corrected chi connectivity index (χ0v) is 15.4. The number of carbonyl (C=O) groups excluding carboxylic acids is 1. The molecule has 0 bridgehead atoms. The van der Waals surface area contributed by atoms with Crippen LogP contribution in [0.1, 0.15) is 23.2 Å². The van der Waals surface area contributed by atoms with Gasteiger partial charge in [-0.2, -0.15) is 0 Å². The first-order chi connectivity index (χ1) is 13.8. The van der Waals surface area contributed by atoms with Crippen LogP contribution >= 0.6 is 0 Å². The topological polar surface area (TPSA) is 64.5 Å². The van der Waals surface area contributed by atoms with E-state index in [0.717, 1.165) is 25.1 Å². The van der Waals surface area contributed by atoms with Gasteiger partial charge in [0.1, 0.15) is 17.6 Å². The number of aromatic nitrogens is 2. The van der Waals surface area contributed by atoms with Crippen LogP contribution in [0.25, 0.3) is 0 Å². The number of rotatable bonds is 5. The fraction of sp³-hybridized carbons (Fsp3) is 0.227. The molecule has 1 aliphatic rings. The Hall–Kier alpha value is -3.41. The number of amides is 1. The summed E-state index contributed by atoms with van der Waals surface area (Å²) in [5, 5.41) is 0. The third-order valence-electron chi connectivity index (χ3n) is 4.56. The van der Waals surface area contributed by atoms with Crippen LogP contribution in [-0.2, 0) is 0 Å². The molecule has 6 nitrogen and oxygen atoms in total. The quantitative estimate of drug-likeness (QED) is 0.676. The van der Waals surface area contributed by atoms with Gasteiger partial charge >= 0.3 is 6.01 Å². The van der Waals surface area contributed by atoms with E-state index in [4.69, 9.17) is 9.47 Å². The number of benzene rings is 2. The van der Waals surface area contributed by atoms with Crippen molar-refractivity contribution in [3.05, 3.63) is 78.6 Å². The molecule has 28 heavy (non-hydrogen) atoms. The van der Waals surface area contributed by atoms with Crippen molar-refractivity contribution in [1.29, 1.82) is 0 Å². The molecule has 1 fully saturated rings. The number of likely N-dealkylation sites (tertiary alicyclic amines) is 1. The Morgan fingerprint density at radius 3 is 2.39 bits per heavy atom. The van der Waals surface area contributed by atoms with Gasteiger partial charge in [0.05, 0.1) is 6.54 Å². The first-order valence-electron chi connectivity index (χ1n) is 9.34. The van der Waals surface area contributed by atoms with Crippen molar-refractivity contribution in [2.45, 2.75) is 18.9 Å². The van der Waals surface area contributed by atoms with Crippen LogP contribution < -0.4 is 9.47 Å². The maximum absolute atomic E-state index is 12.9. The van der Waals surface area contributed by atoms with Crippen LogP contribution in [0.2, 0.25) is 0 Å². The predicted octanol–water partition coefficient (Wildman–Crippen LogP) is 3.95. The van der Waals surface area contributed by atoms with E-state index in [1.54, 1.807) is 30.6 Å². The molecule has 1 amide bonds. The molecule has 2 heterocycles. The number of carbonyl (C=O) groups is 1. The Kier molecular flexibility index (Phi) is 5.47. The average molecular weight is 375 g/mol. The smallest absolute Gasteiger partial charge is 0.316 e. The van der Waals surface area contributed by atoms with Gasteiger partial charge in [0.2, 0.25) is 0 Å². The van der Waals surface area contributed by atoms with Crippen molar-refractivity contribution < 1.29 is 14.3 Å². The van der Waals surface area contributed by atoms with Crippen molar-refractivity contribution in [3.8, 4) is 17.5 Å². The van der Waals surface area contributed by atoms with Crippen molar-refractivity contribution >= 4 is 5.91 Å². The molecule has 1 saturated heterocycles. The Morgan fingerprint density at radius 1 is 0.929 bits per heavy atom. The van der Waals surface area contributed by atoms with Gasteiger partial charge < -0.3 is 14.4 Å². The van der Waals surface area contributed by atoms with Gasteiger partial charge in [0, 0.05) is 24.5 Å². The lowest BCUT2D eigenvalue weighted by Gasteiger charge is -2.32. The lowest BCUT2D eigenvalue weighted by molar-refractivity contribution is 0.0516. The zero-order chi connectivity index (χ0) is 19.2. The van der Waals surface area contributed by atoms with Crippen LogP contribution in [0.4, 0.5) is 0 Å². The van der Waals surface area contributed by atoms with E-state index in [1.165, 1.54) is 0 Å². The molecule has 0 saturated carbocycles. The zero-order valence-electron chi connectivity index (χ0n) is 15.4. The second-order valence-corrected chi connectivity index (χ2v) is 6.60. The van der Waals surface area contributed by atoms with Crippen molar-refractivity contribution in [2.75, 3.05) is 13.1 Å². The van der Waals surface area contributed by atoms with Gasteiger partial charge in [0.15, 0.2) is 0 Å². The third kappa shape index (κ3) is 4.46. The lowest BCUT2D eigenvalue weighted by Crippen LogP contribution is -2.44. The Balaban J connectivity index is 1.38. The highest BCUT2D eigenvalue weighted by atomic mass is 16.5. The summed E-state index contributed by atoms with van der Waals surface area (Å²) in [6, 6.07) is 18.9. The molecule has 0 radical (unpaired) electrons. The molecule has 0 aliphatic carbocycles. The Bertz CT molecular complexity index is 901. The summed E-state index contributed by atoms with van der Waals surface area (Å²) in [6.07, 6.45) is 4.96. The molecule has 1 aliphatic heterocycles. The summed E-state index contributed by atoms with van der Waals surface area (Å²) in [5.74, 6) is 1.46. The maximum Gasteiger partial charge on any atom is 0.316 e. The highest BCUT2D eigenvalue weighted by Crippen LogP contribution is 2.23. The van der Waals surface area contributed by atoms with E-state index in [2.05, 4.69) is 9.97 Å².